The van der Waals surface area contributed by atoms with E-state index in [1.807, 2.05) is 58.9 Å². The maximum Gasteiger partial charge on any atom is 0.278 e. The van der Waals surface area contributed by atoms with Gasteiger partial charge >= 0.3 is 0 Å². The van der Waals surface area contributed by atoms with Crippen LogP contribution in [0, 0.1) is 34.6 Å². The summed E-state index contributed by atoms with van der Waals surface area (Å²) in [7, 11) is 0. The number of carbonyl (C=O) groups is 1. The molecule has 0 saturated heterocycles. The van der Waals surface area contributed by atoms with Crippen LogP contribution in [0.15, 0.2) is 36.4 Å². The van der Waals surface area contributed by atoms with Crippen LogP contribution in [-0.2, 0) is 0 Å². The average Bonchev–Trinajstić information content (AvgIpc) is 2.86. The summed E-state index contributed by atoms with van der Waals surface area (Å²) >= 11 is 0. The average molecular weight is 334 g/mol. The molecular formula is C20H22N4O. The molecule has 3 rings (SSSR count). The van der Waals surface area contributed by atoms with Gasteiger partial charge in [0.05, 0.1) is 11.4 Å². The minimum absolute atomic E-state index is 0.252. The van der Waals surface area contributed by atoms with Crippen molar-refractivity contribution in [1.82, 2.24) is 15.0 Å². The van der Waals surface area contributed by atoms with Gasteiger partial charge in [0.1, 0.15) is 0 Å². The molecule has 1 amide bonds. The first-order chi connectivity index (χ1) is 11.8. The van der Waals surface area contributed by atoms with Gasteiger partial charge in [-0.1, -0.05) is 17.3 Å². The van der Waals surface area contributed by atoms with Crippen LogP contribution in [0.5, 0.6) is 0 Å². The Hall–Kier alpha value is -2.95. The van der Waals surface area contributed by atoms with Gasteiger partial charge in [0.2, 0.25) is 0 Å². The number of nitrogens with zero attached hydrogens (tertiary/aromatic N) is 3. The second-order valence-corrected chi connectivity index (χ2v) is 6.61. The van der Waals surface area contributed by atoms with E-state index in [2.05, 4.69) is 27.8 Å². The molecule has 1 aromatic heterocycles. The van der Waals surface area contributed by atoms with E-state index in [-0.39, 0.29) is 5.91 Å². The van der Waals surface area contributed by atoms with Crippen molar-refractivity contribution in [2.75, 3.05) is 5.32 Å². The fourth-order valence-corrected chi connectivity index (χ4v) is 3.09. The topological polar surface area (TPSA) is 59.8 Å². The first kappa shape index (κ1) is 16.9. The molecule has 1 heterocycles. The van der Waals surface area contributed by atoms with Gasteiger partial charge < -0.3 is 5.32 Å². The molecule has 0 fully saturated rings. The summed E-state index contributed by atoms with van der Waals surface area (Å²) in [6.07, 6.45) is 0. The summed E-state index contributed by atoms with van der Waals surface area (Å²) in [5, 5.41) is 11.2. The quantitative estimate of drug-likeness (QED) is 0.786. The van der Waals surface area contributed by atoms with Gasteiger partial charge in [-0.25, -0.2) is 4.68 Å². The number of nitrogens with one attached hydrogen (secondary N) is 1. The second kappa shape index (κ2) is 6.51. The number of aryl methyl sites for hydroxylation is 4. The highest BCUT2D eigenvalue weighted by atomic mass is 16.2. The van der Waals surface area contributed by atoms with Gasteiger partial charge in [0.25, 0.3) is 5.91 Å². The molecule has 0 aliphatic heterocycles. The monoisotopic (exact) mass is 334 g/mol. The second-order valence-electron chi connectivity index (χ2n) is 6.61. The number of carbonyl (C=O) groups excluding carboxylic acids is 1. The molecule has 0 aliphatic carbocycles. The van der Waals surface area contributed by atoms with E-state index >= 15 is 0 Å². The fraction of sp³-hybridized carbons (Fsp3) is 0.250. The highest BCUT2D eigenvalue weighted by molar-refractivity contribution is 6.03. The van der Waals surface area contributed by atoms with Gasteiger partial charge in [-0.05, 0) is 81.1 Å². The standard InChI is InChI=1S/C20H22N4O/c1-12-6-13(2)9-17(8-12)21-20(25)19-16(5)24(23-22-19)18-10-14(3)7-15(4)11-18/h6-11H,1-5H3,(H,21,25). The summed E-state index contributed by atoms with van der Waals surface area (Å²) in [5.41, 5.74) is 7.22. The number of aromatic nitrogens is 3. The summed E-state index contributed by atoms with van der Waals surface area (Å²) < 4.78 is 1.70. The first-order valence-corrected chi connectivity index (χ1v) is 8.24. The Bertz CT molecular complexity index is 916. The van der Waals surface area contributed by atoms with Crippen molar-refractivity contribution in [1.29, 1.82) is 0 Å². The molecule has 128 valence electrons. The van der Waals surface area contributed by atoms with E-state index in [0.29, 0.717) is 11.4 Å². The lowest BCUT2D eigenvalue weighted by Crippen LogP contribution is -2.14. The zero-order chi connectivity index (χ0) is 18.1. The number of benzene rings is 2. The van der Waals surface area contributed by atoms with Crippen LogP contribution in [0.2, 0.25) is 0 Å². The van der Waals surface area contributed by atoms with Crippen LogP contribution in [-0.4, -0.2) is 20.9 Å². The Morgan fingerprint density at radius 1 is 0.840 bits per heavy atom. The van der Waals surface area contributed by atoms with E-state index in [9.17, 15) is 4.79 Å². The molecule has 0 unspecified atom stereocenters. The van der Waals surface area contributed by atoms with Crippen molar-refractivity contribution in [3.8, 4) is 5.69 Å². The molecule has 0 spiro atoms. The largest absolute Gasteiger partial charge is 0.321 e. The van der Waals surface area contributed by atoms with Crippen molar-refractivity contribution in [3.05, 3.63) is 70.0 Å². The number of anilines is 1. The Morgan fingerprint density at radius 3 is 1.92 bits per heavy atom. The Balaban J connectivity index is 1.91. The van der Waals surface area contributed by atoms with E-state index in [0.717, 1.165) is 33.6 Å². The molecule has 2 aromatic carbocycles. The third-order valence-electron chi connectivity index (χ3n) is 4.04. The molecular weight excluding hydrogens is 312 g/mol. The number of rotatable bonds is 3. The first-order valence-electron chi connectivity index (χ1n) is 8.24. The summed E-state index contributed by atoms with van der Waals surface area (Å²) in [4.78, 5) is 12.6. The molecule has 0 radical (unpaired) electrons. The van der Waals surface area contributed by atoms with Gasteiger partial charge in [-0.2, -0.15) is 0 Å². The van der Waals surface area contributed by atoms with E-state index in [1.54, 1.807) is 4.68 Å². The maximum atomic E-state index is 12.6. The van der Waals surface area contributed by atoms with Crippen molar-refractivity contribution < 1.29 is 4.79 Å². The third kappa shape index (κ3) is 3.60. The molecule has 0 saturated carbocycles. The van der Waals surface area contributed by atoms with Crippen molar-refractivity contribution in [3.63, 3.8) is 0 Å². The minimum Gasteiger partial charge on any atom is -0.321 e. The molecule has 1 N–H and O–H groups in total. The number of amides is 1. The van der Waals surface area contributed by atoms with Crippen molar-refractivity contribution in [2.45, 2.75) is 34.6 Å². The predicted molar refractivity (Wildman–Crippen MR) is 99.4 cm³/mol. The Kier molecular flexibility index (Phi) is 4.40. The van der Waals surface area contributed by atoms with Crippen LogP contribution in [0.25, 0.3) is 5.69 Å². The normalized spacial score (nSPS) is 10.8. The van der Waals surface area contributed by atoms with Gasteiger partial charge in [-0.15, -0.1) is 5.10 Å². The van der Waals surface area contributed by atoms with Crippen molar-refractivity contribution in [2.24, 2.45) is 0 Å². The van der Waals surface area contributed by atoms with E-state index in [1.165, 1.54) is 0 Å². The highest BCUT2D eigenvalue weighted by Gasteiger charge is 2.18. The number of hydrogen-bond donors (Lipinski definition) is 1. The summed E-state index contributed by atoms with van der Waals surface area (Å²) in [6.45, 7) is 9.94. The zero-order valence-electron chi connectivity index (χ0n) is 15.2. The van der Waals surface area contributed by atoms with E-state index < -0.39 is 0 Å². The van der Waals surface area contributed by atoms with Gasteiger partial charge in [0, 0.05) is 5.69 Å². The molecule has 3 aromatic rings. The van der Waals surface area contributed by atoms with Crippen LogP contribution in [0.3, 0.4) is 0 Å². The molecule has 0 aliphatic rings. The van der Waals surface area contributed by atoms with Crippen LogP contribution >= 0.6 is 0 Å². The SMILES string of the molecule is Cc1cc(C)cc(NC(=O)c2nnn(-c3cc(C)cc(C)c3)c2C)c1. The number of hydrogen-bond acceptors (Lipinski definition) is 3. The molecule has 0 bridgehead atoms. The molecule has 0 atom stereocenters. The van der Waals surface area contributed by atoms with Crippen LogP contribution < -0.4 is 5.32 Å². The highest BCUT2D eigenvalue weighted by Crippen LogP contribution is 2.18. The van der Waals surface area contributed by atoms with Crippen LogP contribution in [0.1, 0.15) is 38.4 Å². The van der Waals surface area contributed by atoms with Gasteiger partial charge in [-0.3, -0.25) is 4.79 Å². The van der Waals surface area contributed by atoms with Gasteiger partial charge in [0.15, 0.2) is 5.69 Å². The lowest BCUT2D eigenvalue weighted by Gasteiger charge is -2.08. The Labute approximate surface area is 147 Å². The Morgan fingerprint density at radius 2 is 1.36 bits per heavy atom. The lowest BCUT2D eigenvalue weighted by molar-refractivity contribution is 0.102. The minimum atomic E-state index is -0.252. The summed E-state index contributed by atoms with van der Waals surface area (Å²) in [6, 6.07) is 12.1. The predicted octanol–water partition coefficient (Wildman–Crippen LogP) is 4.06. The molecule has 5 heteroatoms. The van der Waals surface area contributed by atoms with E-state index in [4.69, 9.17) is 0 Å². The fourth-order valence-electron chi connectivity index (χ4n) is 3.09. The zero-order valence-corrected chi connectivity index (χ0v) is 15.2. The smallest absolute Gasteiger partial charge is 0.278 e. The van der Waals surface area contributed by atoms with Crippen LogP contribution in [0.4, 0.5) is 5.69 Å². The lowest BCUT2D eigenvalue weighted by atomic mass is 10.1. The molecule has 5 nitrogen and oxygen atoms in total. The summed E-state index contributed by atoms with van der Waals surface area (Å²) in [5.74, 6) is -0.252. The molecule has 25 heavy (non-hydrogen) atoms. The van der Waals surface area contributed by atoms with Crippen molar-refractivity contribution >= 4 is 11.6 Å². The maximum absolute atomic E-state index is 12.6. The third-order valence-corrected chi connectivity index (χ3v) is 4.04.